The highest BCUT2D eigenvalue weighted by molar-refractivity contribution is 6.04. The molecule has 0 aliphatic carbocycles. The number of rotatable bonds is 3. The van der Waals surface area contributed by atoms with E-state index in [4.69, 9.17) is 4.74 Å². The number of hydrogen-bond donors (Lipinski definition) is 0. The molecule has 1 saturated heterocycles. The normalized spacial score (nSPS) is 17.8. The van der Waals surface area contributed by atoms with Gasteiger partial charge in [0.1, 0.15) is 0 Å². The number of carbonyl (C=O) groups excluding carboxylic acids is 2. The van der Waals surface area contributed by atoms with Crippen molar-refractivity contribution in [2.75, 3.05) is 13.2 Å². The zero-order valence-corrected chi connectivity index (χ0v) is 14.1. The van der Waals surface area contributed by atoms with Crippen LogP contribution in [0.3, 0.4) is 0 Å². The van der Waals surface area contributed by atoms with E-state index in [1.165, 1.54) is 0 Å². The van der Waals surface area contributed by atoms with Gasteiger partial charge in [-0.15, -0.1) is 0 Å². The van der Waals surface area contributed by atoms with Crippen molar-refractivity contribution >= 4 is 22.8 Å². The first kappa shape index (κ1) is 16.4. The Balaban J connectivity index is 1.72. The van der Waals surface area contributed by atoms with Gasteiger partial charge in [0.15, 0.2) is 6.61 Å². The number of nitrogens with zero attached hydrogens (tertiary/aromatic N) is 2. The van der Waals surface area contributed by atoms with Crippen LogP contribution in [0.5, 0.6) is 0 Å². The second-order valence-electron chi connectivity index (χ2n) is 6.34. The van der Waals surface area contributed by atoms with E-state index in [1.54, 1.807) is 6.07 Å². The fourth-order valence-electron chi connectivity index (χ4n) is 3.23. The number of ether oxygens (including phenoxy) is 1. The van der Waals surface area contributed by atoms with Gasteiger partial charge < -0.3 is 9.64 Å². The number of aromatic nitrogens is 1. The zero-order valence-electron chi connectivity index (χ0n) is 14.1. The Morgan fingerprint density at radius 2 is 2.08 bits per heavy atom. The molecule has 1 aromatic heterocycles. The Morgan fingerprint density at radius 3 is 2.88 bits per heavy atom. The molecular weight excluding hydrogens is 304 g/mol. The fraction of sp³-hybridized carbons (Fsp3) is 0.421. The van der Waals surface area contributed by atoms with Crippen LogP contribution in [0.1, 0.15) is 42.2 Å². The molecule has 1 aliphatic heterocycles. The average molecular weight is 326 g/mol. The van der Waals surface area contributed by atoms with Crippen molar-refractivity contribution in [1.82, 2.24) is 9.88 Å². The van der Waals surface area contributed by atoms with E-state index in [-0.39, 0.29) is 18.6 Å². The van der Waals surface area contributed by atoms with Crippen molar-refractivity contribution < 1.29 is 14.3 Å². The van der Waals surface area contributed by atoms with Gasteiger partial charge in [0, 0.05) is 23.7 Å². The maximum absolute atomic E-state index is 12.5. The monoisotopic (exact) mass is 326 g/mol. The summed E-state index contributed by atoms with van der Waals surface area (Å²) in [6.45, 7) is 4.41. The van der Waals surface area contributed by atoms with Crippen LogP contribution < -0.4 is 0 Å². The maximum atomic E-state index is 12.5. The molecule has 1 atom stereocenters. The lowest BCUT2D eigenvalue weighted by molar-refractivity contribution is -0.137. The Hall–Kier alpha value is -2.43. The van der Waals surface area contributed by atoms with Gasteiger partial charge in [-0.1, -0.05) is 18.2 Å². The standard InChI is InChI=1S/C19H22N2O3/c1-13-11-16(15-8-3-4-9-17(15)20-13)19(23)24-12-18(22)21-10-6-5-7-14(21)2/h3-4,8-9,11,14H,5-7,10,12H2,1-2H3/t14-/m1/s1. The molecule has 2 aromatic rings. The highest BCUT2D eigenvalue weighted by Crippen LogP contribution is 2.20. The smallest absolute Gasteiger partial charge is 0.339 e. The van der Waals surface area contributed by atoms with E-state index in [1.807, 2.05) is 43.0 Å². The van der Waals surface area contributed by atoms with Crippen LogP contribution in [0.2, 0.25) is 0 Å². The number of benzene rings is 1. The third kappa shape index (κ3) is 3.40. The third-order valence-electron chi connectivity index (χ3n) is 4.51. The van der Waals surface area contributed by atoms with Gasteiger partial charge in [-0.25, -0.2) is 4.79 Å². The number of fused-ring (bicyclic) bond motifs is 1. The van der Waals surface area contributed by atoms with Crippen molar-refractivity contribution in [2.24, 2.45) is 0 Å². The number of carbonyl (C=O) groups is 2. The lowest BCUT2D eigenvalue weighted by atomic mass is 10.0. The van der Waals surface area contributed by atoms with E-state index in [0.717, 1.165) is 42.4 Å². The van der Waals surface area contributed by atoms with Crippen LogP contribution in [-0.4, -0.2) is 41.0 Å². The predicted molar refractivity (Wildman–Crippen MR) is 91.8 cm³/mol. The van der Waals surface area contributed by atoms with Crippen molar-refractivity contribution in [3.8, 4) is 0 Å². The minimum Gasteiger partial charge on any atom is -0.452 e. The number of para-hydroxylation sites is 1. The highest BCUT2D eigenvalue weighted by Gasteiger charge is 2.24. The van der Waals surface area contributed by atoms with Crippen molar-refractivity contribution in [2.45, 2.75) is 39.2 Å². The number of aryl methyl sites for hydroxylation is 1. The Labute approximate surface area is 141 Å². The summed E-state index contributed by atoms with van der Waals surface area (Å²) in [4.78, 5) is 31.0. The summed E-state index contributed by atoms with van der Waals surface area (Å²) < 4.78 is 5.30. The largest absolute Gasteiger partial charge is 0.452 e. The molecule has 3 rings (SSSR count). The molecule has 5 nitrogen and oxygen atoms in total. The molecule has 0 spiro atoms. The van der Waals surface area contributed by atoms with Crippen LogP contribution in [0.25, 0.3) is 10.9 Å². The van der Waals surface area contributed by atoms with Crippen molar-refractivity contribution in [3.05, 3.63) is 41.6 Å². The SMILES string of the molecule is Cc1cc(C(=O)OCC(=O)N2CCCC[C@H]2C)c2ccccc2n1. The van der Waals surface area contributed by atoms with Gasteiger partial charge in [0.25, 0.3) is 5.91 Å². The van der Waals surface area contributed by atoms with Crippen LogP contribution in [0, 0.1) is 6.92 Å². The molecule has 1 aromatic carbocycles. The summed E-state index contributed by atoms with van der Waals surface area (Å²) in [6.07, 6.45) is 3.17. The predicted octanol–water partition coefficient (Wildman–Crippen LogP) is 3.10. The Morgan fingerprint density at radius 1 is 1.29 bits per heavy atom. The van der Waals surface area contributed by atoms with Gasteiger partial charge in [0.05, 0.1) is 11.1 Å². The first-order chi connectivity index (χ1) is 11.6. The molecule has 0 unspecified atom stereocenters. The molecular formula is C19H22N2O3. The summed E-state index contributed by atoms with van der Waals surface area (Å²) in [5.41, 5.74) is 1.95. The topological polar surface area (TPSA) is 59.5 Å². The third-order valence-corrected chi connectivity index (χ3v) is 4.51. The average Bonchev–Trinajstić information content (AvgIpc) is 2.59. The van der Waals surface area contributed by atoms with Gasteiger partial charge in [-0.2, -0.15) is 0 Å². The van der Waals surface area contributed by atoms with Gasteiger partial charge in [-0.3, -0.25) is 9.78 Å². The molecule has 1 fully saturated rings. The molecule has 2 heterocycles. The van der Waals surface area contributed by atoms with Crippen molar-refractivity contribution in [3.63, 3.8) is 0 Å². The van der Waals surface area contributed by atoms with E-state index in [9.17, 15) is 9.59 Å². The molecule has 24 heavy (non-hydrogen) atoms. The Bertz CT molecular complexity index is 772. The van der Waals surface area contributed by atoms with Crippen LogP contribution in [-0.2, 0) is 9.53 Å². The number of amides is 1. The van der Waals surface area contributed by atoms with Crippen LogP contribution >= 0.6 is 0 Å². The molecule has 126 valence electrons. The Kier molecular flexibility index (Phi) is 4.79. The number of piperidine rings is 1. The quantitative estimate of drug-likeness (QED) is 0.813. The molecule has 0 N–H and O–H groups in total. The van der Waals surface area contributed by atoms with Crippen molar-refractivity contribution in [1.29, 1.82) is 0 Å². The number of hydrogen-bond acceptors (Lipinski definition) is 4. The van der Waals surface area contributed by atoms with E-state index >= 15 is 0 Å². The summed E-state index contributed by atoms with van der Waals surface area (Å²) in [5.74, 6) is -0.597. The summed E-state index contributed by atoms with van der Waals surface area (Å²) in [6, 6.07) is 9.36. The lowest BCUT2D eigenvalue weighted by Gasteiger charge is -2.33. The number of likely N-dealkylation sites (tertiary alicyclic amines) is 1. The molecule has 0 bridgehead atoms. The summed E-state index contributed by atoms with van der Waals surface area (Å²) in [7, 11) is 0. The van der Waals surface area contributed by atoms with Crippen LogP contribution in [0.15, 0.2) is 30.3 Å². The molecule has 5 heteroatoms. The fourth-order valence-corrected chi connectivity index (χ4v) is 3.23. The number of esters is 1. The van der Waals surface area contributed by atoms with Crippen LogP contribution in [0.4, 0.5) is 0 Å². The minimum absolute atomic E-state index is 0.120. The van der Waals surface area contributed by atoms with Gasteiger partial charge in [0.2, 0.25) is 0 Å². The van der Waals surface area contributed by atoms with Gasteiger partial charge >= 0.3 is 5.97 Å². The molecule has 0 saturated carbocycles. The highest BCUT2D eigenvalue weighted by atomic mass is 16.5. The van der Waals surface area contributed by atoms with E-state index in [0.29, 0.717) is 5.56 Å². The minimum atomic E-state index is -0.477. The maximum Gasteiger partial charge on any atom is 0.339 e. The molecule has 1 amide bonds. The lowest BCUT2D eigenvalue weighted by Crippen LogP contribution is -2.44. The zero-order chi connectivity index (χ0) is 17.1. The summed E-state index contributed by atoms with van der Waals surface area (Å²) in [5, 5.41) is 0.742. The second kappa shape index (κ2) is 6.99. The first-order valence-electron chi connectivity index (χ1n) is 8.39. The first-order valence-corrected chi connectivity index (χ1v) is 8.39. The number of pyridine rings is 1. The van der Waals surface area contributed by atoms with Gasteiger partial charge in [-0.05, 0) is 45.2 Å². The summed E-state index contributed by atoms with van der Waals surface area (Å²) >= 11 is 0. The molecule has 1 aliphatic rings. The molecule has 0 radical (unpaired) electrons. The van der Waals surface area contributed by atoms with E-state index < -0.39 is 5.97 Å². The second-order valence-corrected chi connectivity index (χ2v) is 6.34. The van der Waals surface area contributed by atoms with E-state index in [2.05, 4.69) is 4.98 Å².